The van der Waals surface area contributed by atoms with Crippen LogP contribution in [0.25, 0.3) is 0 Å². The molecule has 5 N–H and O–H groups in total. The van der Waals surface area contributed by atoms with E-state index in [1.165, 1.54) is 0 Å². The number of nitrogens with two attached hydrogens (primary N) is 1. The van der Waals surface area contributed by atoms with Gasteiger partial charge < -0.3 is 40.4 Å². The highest BCUT2D eigenvalue weighted by Crippen LogP contribution is 2.37. The van der Waals surface area contributed by atoms with Gasteiger partial charge in [-0.2, -0.15) is 0 Å². The number of aliphatic hydroxyl groups is 1. The predicted octanol–water partition coefficient (Wildman–Crippen LogP) is 3.76. The van der Waals surface area contributed by atoms with Crippen LogP contribution in [0.1, 0.15) is 52.4 Å². The largest absolute Gasteiger partial charge is 0.465 e. The van der Waals surface area contributed by atoms with Gasteiger partial charge in [0.2, 0.25) is 0 Å². The van der Waals surface area contributed by atoms with Gasteiger partial charge in [0.1, 0.15) is 11.1 Å². The second-order valence-electron chi connectivity index (χ2n) is 13.8. The summed E-state index contributed by atoms with van der Waals surface area (Å²) in [5.41, 5.74) is 3.72. The average Bonchev–Trinajstić information content (AvgIpc) is 3.75. The number of amides is 2. The summed E-state index contributed by atoms with van der Waals surface area (Å²) in [7, 11) is -2.33. The highest BCUT2D eigenvalue weighted by atomic mass is 28.3. The lowest BCUT2D eigenvalue weighted by molar-refractivity contribution is -0.147. The maximum Gasteiger partial charge on any atom is 0.408 e. The molecular formula is C28H55N3O9Si2. The van der Waals surface area contributed by atoms with E-state index in [0.29, 0.717) is 39.3 Å². The van der Waals surface area contributed by atoms with Crippen molar-refractivity contribution in [2.45, 2.75) is 120 Å². The van der Waals surface area contributed by atoms with Gasteiger partial charge in [-0.05, 0) is 64.5 Å². The summed E-state index contributed by atoms with van der Waals surface area (Å²) in [6.45, 7) is 18.6. The van der Waals surface area contributed by atoms with Gasteiger partial charge in [0.05, 0.1) is 38.6 Å². The lowest BCUT2D eigenvalue weighted by atomic mass is 10.3. The normalized spacial score (nSPS) is 18.3. The molecule has 0 aromatic rings. The number of rotatable bonds is 13. The van der Waals surface area contributed by atoms with Crippen LogP contribution in [0.15, 0.2) is 0 Å². The molecule has 0 spiro atoms. The second kappa shape index (κ2) is 16.1. The van der Waals surface area contributed by atoms with Crippen LogP contribution >= 0.6 is 0 Å². The van der Waals surface area contributed by atoms with E-state index in [2.05, 4.69) is 49.9 Å². The first-order chi connectivity index (χ1) is 19.3. The average molecular weight is 634 g/mol. The molecule has 0 radical (unpaired) electrons. The first-order valence-corrected chi connectivity index (χ1v) is 22.4. The summed E-state index contributed by atoms with van der Waals surface area (Å²) < 4.78 is 19.8. The monoisotopic (exact) mass is 633 g/mol. The van der Waals surface area contributed by atoms with Crippen LogP contribution in [-0.2, 0) is 28.5 Å². The van der Waals surface area contributed by atoms with Gasteiger partial charge in [0, 0.05) is 16.1 Å². The Morgan fingerprint density at radius 2 is 1.12 bits per heavy atom. The topological polar surface area (TPSA) is 176 Å². The summed E-state index contributed by atoms with van der Waals surface area (Å²) in [6, 6.07) is 1.90. The van der Waals surface area contributed by atoms with E-state index in [1.54, 1.807) is 13.8 Å². The number of aliphatic hydroxyl groups excluding tert-OH is 1. The number of hydrogen-bond acceptors (Lipinski definition) is 10. The highest BCUT2D eigenvalue weighted by molar-refractivity contribution is 6.76. The molecule has 3 rings (SSSR count). The van der Waals surface area contributed by atoms with Gasteiger partial charge in [0.25, 0.3) is 0 Å². The maximum atomic E-state index is 11.6. The Kier molecular flexibility index (Phi) is 14.5. The van der Waals surface area contributed by atoms with Crippen molar-refractivity contribution < 1.29 is 43.2 Å². The molecular weight excluding hydrogens is 578 g/mol. The Morgan fingerprint density at radius 3 is 1.45 bits per heavy atom. The molecule has 0 atom stereocenters. The number of esters is 2. The number of ether oxygens (including phenoxy) is 4. The molecule has 244 valence electrons. The van der Waals surface area contributed by atoms with E-state index >= 15 is 0 Å². The number of carbonyl (C=O) groups is 4. The van der Waals surface area contributed by atoms with Crippen LogP contribution in [0, 0.1) is 0 Å². The summed E-state index contributed by atoms with van der Waals surface area (Å²) in [5, 5.41) is 14.3. The Hall–Kier alpha value is -2.17. The van der Waals surface area contributed by atoms with Crippen molar-refractivity contribution in [1.82, 2.24) is 10.6 Å². The minimum atomic E-state index is -1.20. The zero-order valence-electron chi connectivity index (χ0n) is 27.0. The third kappa shape index (κ3) is 15.3. The molecule has 3 fully saturated rings. The predicted molar refractivity (Wildman–Crippen MR) is 166 cm³/mol. The van der Waals surface area contributed by atoms with Crippen molar-refractivity contribution >= 4 is 40.3 Å². The molecule has 0 aromatic carbocycles. The zero-order valence-corrected chi connectivity index (χ0v) is 29.0. The Balaban J connectivity index is 0.000000331. The van der Waals surface area contributed by atoms with E-state index in [1.807, 2.05) is 0 Å². The van der Waals surface area contributed by atoms with E-state index in [-0.39, 0.29) is 30.2 Å². The summed E-state index contributed by atoms with van der Waals surface area (Å²) in [6.07, 6.45) is 3.64. The van der Waals surface area contributed by atoms with Crippen LogP contribution in [0.2, 0.25) is 51.4 Å². The zero-order chi connectivity index (χ0) is 32.2. The summed E-state index contributed by atoms with van der Waals surface area (Å²) in [5.74, 6) is -0.600. The Labute approximate surface area is 253 Å². The lowest BCUT2D eigenvalue weighted by Gasteiger charge is -2.18. The fourth-order valence-corrected chi connectivity index (χ4v) is 4.67. The van der Waals surface area contributed by atoms with Gasteiger partial charge in [-0.1, -0.05) is 39.3 Å². The molecule has 0 saturated heterocycles. The van der Waals surface area contributed by atoms with E-state index in [0.717, 1.165) is 37.8 Å². The van der Waals surface area contributed by atoms with E-state index in [9.17, 15) is 19.2 Å². The molecule has 0 aromatic heterocycles. The second-order valence-corrected chi connectivity index (χ2v) is 25.0. The van der Waals surface area contributed by atoms with Crippen molar-refractivity contribution in [3.63, 3.8) is 0 Å². The number of alkyl carbamates (subject to hydrolysis) is 2. The molecule has 3 saturated carbocycles. The highest BCUT2D eigenvalue weighted by Gasteiger charge is 2.53. The minimum absolute atomic E-state index is 0.0100. The Morgan fingerprint density at radius 1 is 0.690 bits per heavy atom. The number of carbonyl (C=O) groups excluding carboxylic acids is 4. The van der Waals surface area contributed by atoms with Crippen LogP contribution in [0.4, 0.5) is 9.59 Å². The SMILES string of the molecule is CCOC(=O)C1(N)CC1.CCOC(=O)C1(NC(=O)OCC[Si](C)(C)C)CC1.C[Si](C)(C)CCOC(=O)NC1(CO)CC1. The molecule has 0 unspecified atom stereocenters. The van der Waals surface area contributed by atoms with Gasteiger partial charge in [-0.15, -0.1) is 0 Å². The van der Waals surface area contributed by atoms with Crippen molar-refractivity contribution in [3.8, 4) is 0 Å². The third-order valence-electron chi connectivity index (χ3n) is 6.92. The lowest BCUT2D eigenvalue weighted by Crippen LogP contribution is -2.44. The maximum absolute atomic E-state index is 11.6. The fraction of sp³-hybridized carbons (Fsp3) is 0.857. The summed E-state index contributed by atoms with van der Waals surface area (Å²) in [4.78, 5) is 45.3. The molecule has 12 nitrogen and oxygen atoms in total. The van der Waals surface area contributed by atoms with Gasteiger partial charge in [0.15, 0.2) is 0 Å². The van der Waals surface area contributed by atoms with Crippen LogP contribution < -0.4 is 16.4 Å². The molecule has 2 amide bonds. The van der Waals surface area contributed by atoms with E-state index < -0.39 is 33.3 Å². The van der Waals surface area contributed by atoms with Crippen molar-refractivity contribution in [2.24, 2.45) is 5.73 Å². The fourth-order valence-electron chi connectivity index (χ4n) is 3.25. The smallest absolute Gasteiger partial charge is 0.408 e. The quantitative estimate of drug-likeness (QED) is 0.133. The van der Waals surface area contributed by atoms with Gasteiger partial charge in [-0.3, -0.25) is 4.79 Å². The van der Waals surface area contributed by atoms with Gasteiger partial charge in [-0.25, -0.2) is 14.4 Å². The van der Waals surface area contributed by atoms with E-state index in [4.69, 9.17) is 29.8 Å². The van der Waals surface area contributed by atoms with Crippen LogP contribution in [0.3, 0.4) is 0 Å². The molecule has 3 aliphatic rings. The van der Waals surface area contributed by atoms with Crippen LogP contribution in [0.5, 0.6) is 0 Å². The molecule has 3 aliphatic carbocycles. The molecule has 0 heterocycles. The number of nitrogens with one attached hydrogen (secondary N) is 2. The molecule has 14 heteroatoms. The summed E-state index contributed by atoms with van der Waals surface area (Å²) >= 11 is 0. The first kappa shape index (κ1) is 37.9. The van der Waals surface area contributed by atoms with Crippen LogP contribution in [-0.4, -0.2) is 95.0 Å². The standard InChI is InChI=1S/C12H23NO4Si.C10H21NO3Si.C6H11NO2/c1-5-16-10(14)12(6-7-12)13-11(15)17-8-9-18(2,3)4;1-15(2,3)7-6-14-9(13)11-10(8-12)4-5-10;1-2-9-5(8)6(7)3-4-6/h5-9H2,1-4H3,(H,13,15);12H,4-8H2,1-3H3,(H,11,13);2-4,7H2,1H3. The molecule has 0 aliphatic heterocycles. The number of hydrogen-bond donors (Lipinski definition) is 4. The Bertz CT molecular complexity index is 907. The molecule has 0 bridgehead atoms. The van der Waals surface area contributed by atoms with Crippen molar-refractivity contribution in [2.75, 3.05) is 33.0 Å². The first-order valence-electron chi connectivity index (χ1n) is 15.0. The van der Waals surface area contributed by atoms with Crippen molar-refractivity contribution in [3.05, 3.63) is 0 Å². The van der Waals surface area contributed by atoms with Gasteiger partial charge >= 0.3 is 24.1 Å². The molecule has 42 heavy (non-hydrogen) atoms. The minimum Gasteiger partial charge on any atom is -0.465 e. The van der Waals surface area contributed by atoms with Crippen molar-refractivity contribution in [1.29, 1.82) is 0 Å². The third-order valence-corrected chi connectivity index (χ3v) is 10.3.